The van der Waals surface area contributed by atoms with Crippen molar-refractivity contribution in [3.05, 3.63) is 59.5 Å². The van der Waals surface area contributed by atoms with Crippen LogP contribution in [0.1, 0.15) is 63.0 Å². The number of carbonyl (C=O) groups excluding carboxylic acids is 1. The van der Waals surface area contributed by atoms with Crippen LogP contribution in [-0.2, 0) is 21.9 Å². The zero-order valence-electron chi connectivity index (χ0n) is 22.7. The molecule has 1 aromatic heterocycles. The molecule has 2 heterocycles. The zero-order valence-corrected chi connectivity index (χ0v) is 23.5. The molecule has 0 radical (unpaired) electrons. The Bertz CT molecular complexity index is 1460. The highest BCUT2D eigenvalue weighted by Gasteiger charge is 2.35. The first-order valence-electron chi connectivity index (χ1n) is 13.7. The van der Waals surface area contributed by atoms with Gasteiger partial charge in [-0.05, 0) is 85.4 Å². The van der Waals surface area contributed by atoms with Crippen molar-refractivity contribution in [2.45, 2.75) is 63.7 Å². The molecule has 5 rings (SSSR count). The average Bonchev–Trinajstić information content (AvgIpc) is 3.53. The average molecular weight is 540 g/mol. The van der Waals surface area contributed by atoms with E-state index >= 15 is 0 Å². The normalized spacial score (nSPS) is 21.7. The van der Waals surface area contributed by atoms with Crippen LogP contribution in [0.2, 0.25) is 0 Å². The van der Waals surface area contributed by atoms with Gasteiger partial charge in [-0.25, -0.2) is 12.8 Å². The number of hydrogen-bond acceptors (Lipinski definition) is 3. The number of piperidine rings is 1. The summed E-state index contributed by atoms with van der Waals surface area (Å²) in [4.78, 5) is 15.0. The number of amides is 1. The van der Waals surface area contributed by atoms with Gasteiger partial charge in [0.05, 0.1) is 0 Å². The number of sulfonamides is 1. The zero-order chi connectivity index (χ0) is 27.2. The molecule has 8 heteroatoms. The lowest BCUT2D eigenvalue weighted by molar-refractivity contribution is -0.138. The summed E-state index contributed by atoms with van der Waals surface area (Å²) in [5, 5.41) is 0.980. The maximum atomic E-state index is 14.3. The second kappa shape index (κ2) is 10.4. The summed E-state index contributed by atoms with van der Waals surface area (Å²) in [6.07, 6.45) is 7.80. The molecule has 3 atom stereocenters. The fourth-order valence-corrected chi connectivity index (χ4v) is 7.78. The van der Waals surface area contributed by atoms with E-state index in [1.807, 2.05) is 19.2 Å². The van der Waals surface area contributed by atoms with E-state index in [4.69, 9.17) is 0 Å². The van der Waals surface area contributed by atoms with E-state index in [2.05, 4.69) is 34.2 Å². The van der Waals surface area contributed by atoms with Gasteiger partial charge in [0.25, 0.3) is 10.0 Å². The molecule has 1 aliphatic carbocycles. The van der Waals surface area contributed by atoms with Crippen molar-refractivity contribution in [3.63, 3.8) is 0 Å². The molecular formula is C30H38FN3O3S. The summed E-state index contributed by atoms with van der Waals surface area (Å²) in [6, 6.07) is 9.53. The fourth-order valence-electron chi connectivity index (χ4n) is 6.56. The van der Waals surface area contributed by atoms with Crippen LogP contribution in [0, 0.1) is 30.5 Å². The molecule has 1 unspecified atom stereocenters. The monoisotopic (exact) mass is 539 g/mol. The summed E-state index contributed by atoms with van der Waals surface area (Å²) >= 11 is 0. The predicted octanol–water partition coefficient (Wildman–Crippen LogP) is 6.20. The van der Waals surface area contributed by atoms with Crippen molar-refractivity contribution in [2.24, 2.45) is 24.8 Å². The van der Waals surface area contributed by atoms with E-state index in [1.54, 1.807) is 19.1 Å². The standard InChI is InChI=1S/C30H38FN3O3S/c1-19-9-11-27(31)29(15-19)38(36,37)32-23-10-12-28-25(16-23)26(18-33(28)4)24-13-14-34(17-20(24)2)30(35)21(3)22-7-5-6-8-22/h9-12,15-16,18,20-22,24,32H,5-8,13-14,17H2,1-4H3/t20-,21?,24+/m0/s1. The molecule has 1 aliphatic heterocycles. The smallest absolute Gasteiger partial charge is 0.264 e. The third kappa shape index (κ3) is 5.07. The number of anilines is 1. The van der Waals surface area contributed by atoms with Crippen LogP contribution in [0.15, 0.2) is 47.5 Å². The first-order chi connectivity index (χ1) is 18.0. The van der Waals surface area contributed by atoms with Crippen molar-refractivity contribution in [2.75, 3.05) is 17.8 Å². The minimum Gasteiger partial charge on any atom is -0.350 e. The lowest BCUT2D eigenvalue weighted by atomic mass is 9.80. The Morgan fingerprint density at radius 2 is 1.84 bits per heavy atom. The van der Waals surface area contributed by atoms with E-state index in [9.17, 15) is 17.6 Å². The Labute approximate surface area is 225 Å². The summed E-state index contributed by atoms with van der Waals surface area (Å²) in [5.74, 6) is 0.653. The first-order valence-corrected chi connectivity index (χ1v) is 15.2. The van der Waals surface area contributed by atoms with Gasteiger partial charge in [-0.3, -0.25) is 9.52 Å². The largest absolute Gasteiger partial charge is 0.350 e. The van der Waals surface area contributed by atoms with E-state index in [0.717, 1.165) is 48.8 Å². The number of nitrogens with one attached hydrogen (secondary N) is 1. The van der Waals surface area contributed by atoms with Crippen molar-refractivity contribution < 1.29 is 17.6 Å². The van der Waals surface area contributed by atoms with Crippen molar-refractivity contribution in [1.29, 1.82) is 0 Å². The summed E-state index contributed by atoms with van der Waals surface area (Å²) in [7, 11) is -2.09. The van der Waals surface area contributed by atoms with Crippen LogP contribution >= 0.6 is 0 Å². The number of likely N-dealkylation sites (tertiary alicyclic amines) is 1. The van der Waals surface area contributed by atoms with Gasteiger partial charge >= 0.3 is 0 Å². The van der Waals surface area contributed by atoms with Gasteiger partial charge in [0.1, 0.15) is 10.7 Å². The van der Waals surface area contributed by atoms with E-state index in [-0.39, 0.29) is 22.6 Å². The number of halogens is 1. The summed E-state index contributed by atoms with van der Waals surface area (Å²) in [6.45, 7) is 7.51. The highest BCUT2D eigenvalue weighted by Crippen LogP contribution is 2.40. The number of benzene rings is 2. The predicted molar refractivity (Wildman–Crippen MR) is 149 cm³/mol. The topological polar surface area (TPSA) is 71.4 Å². The van der Waals surface area contributed by atoms with Crippen LogP contribution in [0.25, 0.3) is 10.9 Å². The number of rotatable bonds is 6. The molecule has 38 heavy (non-hydrogen) atoms. The van der Waals surface area contributed by atoms with Crippen molar-refractivity contribution in [3.8, 4) is 0 Å². The lowest BCUT2D eigenvalue weighted by Gasteiger charge is -2.39. The second-order valence-electron chi connectivity index (χ2n) is 11.5. The Morgan fingerprint density at radius 1 is 1.11 bits per heavy atom. The number of hydrogen-bond donors (Lipinski definition) is 1. The van der Waals surface area contributed by atoms with Crippen LogP contribution in [-0.4, -0.2) is 36.9 Å². The highest BCUT2D eigenvalue weighted by molar-refractivity contribution is 7.92. The Kier molecular flexibility index (Phi) is 7.29. The van der Waals surface area contributed by atoms with Gasteiger partial charge in [-0.2, -0.15) is 0 Å². The molecule has 0 bridgehead atoms. The maximum absolute atomic E-state index is 14.3. The quantitative estimate of drug-likeness (QED) is 0.405. The number of carbonyl (C=O) groups is 1. The maximum Gasteiger partial charge on any atom is 0.264 e. The van der Waals surface area contributed by atoms with E-state index in [0.29, 0.717) is 23.1 Å². The molecule has 2 aliphatic rings. The molecule has 204 valence electrons. The highest BCUT2D eigenvalue weighted by atomic mass is 32.2. The summed E-state index contributed by atoms with van der Waals surface area (Å²) < 4.78 is 45.0. The molecule has 6 nitrogen and oxygen atoms in total. The third-order valence-electron chi connectivity index (χ3n) is 8.76. The molecule has 0 spiro atoms. The van der Waals surface area contributed by atoms with Gasteiger partial charge < -0.3 is 9.47 Å². The molecule has 1 saturated carbocycles. The molecule has 2 fully saturated rings. The molecule has 1 N–H and O–H groups in total. The van der Waals surface area contributed by atoms with Crippen LogP contribution < -0.4 is 4.72 Å². The van der Waals surface area contributed by atoms with Crippen LogP contribution in [0.4, 0.5) is 10.1 Å². The van der Waals surface area contributed by atoms with Crippen molar-refractivity contribution >= 4 is 32.5 Å². The van der Waals surface area contributed by atoms with E-state index in [1.165, 1.54) is 25.0 Å². The Hall–Kier alpha value is -2.87. The van der Waals surface area contributed by atoms with Gasteiger partial charge in [0.15, 0.2) is 0 Å². The minimum atomic E-state index is -4.08. The first kappa shape index (κ1) is 26.7. The van der Waals surface area contributed by atoms with Gasteiger partial charge in [-0.15, -0.1) is 0 Å². The second-order valence-corrected chi connectivity index (χ2v) is 13.1. The number of aryl methyl sites for hydroxylation is 2. The fraction of sp³-hybridized carbons (Fsp3) is 0.500. The number of fused-ring (bicyclic) bond motifs is 1. The summed E-state index contributed by atoms with van der Waals surface area (Å²) in [5.41, 5.74) is 3.24. The number of aromatic nitrogens is 1. The van der Waals surface area contributed by atoms with Crippen molar-refractivity contribution in [1.82, 2.24) is 9.47 Å². The van der Waals surface area contributed by atoms with Gasteiger partial charge in [-0.1, -0.05) is 32.8 Å². The molecule has 1 amide bonds. The Balaban J connectivity index is 1.37. The molecule has 3 aromatic rings. The number of nitrogens with zero attached hydrogens (tertiary/aromatic N) is 2. The third-order valence-corrected chi connectivity index (χ3v) is 10.2. The lowest BCUT2D eigenvalue weighted by Crippen LogP contribution is -2.45. The van der Waals surface area contributed by atoms with Gasteiger partial charge in [0, 0.05) is 48.8 Å². The Morgan fingerprint density at radius 3 is 2.55 bits per heavy atom. The van der Waals surface area contributed by atoms with Crippen LogP contribution in [0.3, 0.4) is 0 Å². The molecule has 1 saturated heterocycles. The van der Waals surface area contributed by atoms with Gasteiger partial charge in [0.2, 0.25) is 5.91 Å². The van der Waals surface area contributed by atoms with E-state index < -0.39 is 15.8 Å². The SMILES string of the molecule is Cc1ccc(F)c(S(=O)(=O)Nc2ccc3c(c2)c([C@@H]2CCN(C(=O)C(C)C4CCCC4)C[C@@H]2C)cn3C)c1. The molecular weight excluding hydrogens is 501 g/mol. The molecule has 2 aromatic carbocycles. The minimum absolute atomic E-state index is 0.0904. The van der Waals surface area contributed by atoms with Crippen LogP contribution in [0.5, 0.6) is 0 Å².